The van der Waals surface area contributed by atoms with Gasteiger partial charge in [-0.1, -0.05) is 25.8 Å². The summed E-state index contributed by atoms with van der Waals surface area (Å²) in [6.45, 7) is 0.719. The molecule has 91 heavy (non-hydrogen) atoms. The Bertz CT molecular complexity index is 2780. The van der Waals surface area contributed by atoms with Gasteiger partial charge in [0.2, 0.25) is 53.2 Å². The molecule has 5 fully saturated rings. The highest BCUT2D eigenvalue weighted by Crippen LogP contribution is 2.41. The van der Waals surface area contributed by atoms with Crippen LogP contribution >= 0.6 is 11.3 Å². The first-order valence-corrected chi connectivity index (χ1v) is 32.1. The molecule has 1 aliphatic carbocycles. The molecule has 5 heterocycles. The van der Waals surface area contributed by atoms with Crippen LogP contribution in [0, 0.1) is 5.92 Å². The number of nitrogens with one attached hydrogen (secondary N) is 5. The highest BCUT2D eigenvalue weighted by Gasteiger charge is 2.53. The van der Waals surface area contributed by atoms with Gasteiger partial charge in [-0.15, -0.1) is 11.3 Å². The molecule has 4 aliphatic heterocycles. The van der Waals surface area contributed by atoms with Gasteiger partial charge in [0.1, 0.15) is 48.3 Å². The highest BCUT2D eigenvalue weighted by atomic mass is 32.1. The summed E-state index contributed by atoms with van der Waals surface area (Å²) in [7, 11) is 0. The fourth-order valence-corrected chi connectivity index (χ4v) is 13.3. The van der Waals surface area contributed by atoms with Gasteiger partial charge in [-0.3, -0.25) is 58.1 Å². The topological polar surface area (TPSA) is 533 Å². The van der Waals surface area contributed by atoms with Crippen molar-refractivity contribution >= 4 is 88.3 Å². The zero-order chi connectivity index (χ0) is 66.5. The van der Waals surface area contributed by atoms with Crippen LogP contribution in [0.5, 0.6) is 0 Å². The summed E-state index contributed by atoms with van der Waals surface area (Å²) in [4.78, 5) is 158. The van der Waals surface area contributed by atoms with E-state index in [-0.39, 0.29) is 134 Å². The Balaban J connectivity index is 1.12. The molecule has 22 N–H and O–H groups in total. The van der Waals surface area contributed by atoms with Gasteiger partial charge in [0.15, 0.2) is 17.9 Å². The van der Waals surface area contributed by atoms with Crippen LogP contribution < -0.4 is 66.7 Å². The number of thiophene rings is 1. The predicted molar refractivity (Wildman–Crippen MR) is 333 cm³/mol. The molecule has 0 bridgehead atoms. The number of aliphatic hydroxyl groups is 2. The predicted octanol–water partition coefficient (Wildman–Crippen LogP) is -5.58. The number of fused-ring (bicyclic) bond motifs is 1. The Morgan fingerprint density at radius 1 is 0.670 bits per heavy atom. The van der Waals surface area contributed by atoms with Crippen molar-refractivity contribution in [2.24, 2.45) is 61.0 Å². The van der Waals surface area contributed by atoms with Crippen LogP contribution in [0.15, 0.2) is 32.5 Å². The van der Waals surface area contributed by atoms with E-state index >= 15 is 4.79 Å². The molecular formula is C57H93N19O14S. The average molecular weight is 1300 g/mol. The standard InChI is InChI=1S/C57H93N19O14S/c1-2-21-90-33-25-44(53(87)76-40-15-4-3-10-31(40)23-43(76)49(83)71-37(54(88)89)14-7-19-67-57(63)64)75(29-33)51(85)39(30-77)72-47(81)38(26-34-11-9-22-91-34)69-45(79)27-68-48(82)42-24-32(78)28-74(42)52(86)41-16-8-20-73(41)50(84)36(13-6-18-66-56(61)62)70-46(80)35(58)12-5-17-65-55(59)60/h9,11,22,31-33,35-44,77-78H,2-8,10,12-21,23-30,58H2,1H3,(H,68,82)(H,69,79)(H,70,80)(H,71,83)(H,72,81)(H,88,89)(H4,59,60,65)(H4,61,62,66)(H4,63,64,67)/t31-,32+,33-,35+,36-,37-,38-,39-,40-,41-,42-,43-,44+/m0/s1. The number of rotatable bonds is 33. The molecule has 5 aliphatic rings. The summed E-state index contributed by atoms with van der Waals surface area (Å²) < 4.78 is 6.09. The first-order chi connectivity index (χ1) is 43.4. The molecule has 0 aromatic carbocycles. The third kappa shape index (κ3) is 20.5. The number of nitrogens with zero attached hydrogens (tertiary/aromatic N) is 7. The lowest BCUT2D eigenvalue weighted by atomic mass is 9.84. The number of hydrogen-bond donors (Lipinski definition) is 15. The molecule has 506 valence electrons. The van der Waals surface area contributed by atoms with Crippen molar-refractivity contribution in [1.29, 1.82) is 0 Å². The molecule has 0 unspecified atom stereocenters. The maximum Gasteiger partial charge on any atom is 0.326 e. The summed E-state index contributed by atoms with van der Waals surface area (Å²) in [6, 6.07) is -8.22. The first-order valence-electron chi connectivity index (χ1n) is 31.2. The van der Waals surface area contributed by atoms with Crippen LogP contribution in [0.1, 0.15) is 115 Å². The number of aliphatic hydroxyl groups excluding tert-OH is 2. The number of aliphatic carboxylic acids is 1. The van der Waals surface area contributed by atoms with Gasteiger partial charge in [-0.05, 0) is 94.4 Å². The third-order valence-corrected chi connectivity index (χ3v) is 17.9. The van der Waals surface area contributed by atoms with Crippen molar-refractivity contribution in [2.75, 3.05) is 59.0 Å². The Hall–Kier alpha value is -7.95. The van der Waals surface area contributed by atoms with E-state index in [0.717, 1.165) is 24.2 Å². The zero-order valence-corrected chi connectivity index (χ0v) is 52.4. The number of nitrogens with two attached hydrogens (primary N) is 7. The number of carbonyl (C=O) groups is 10. The fourth-order valence-electron chi connectivity index (χ4n) is 12.6. The monoisotopic (exact) mass is 1300 g/mol. The summed E-state index contributed by atoms with van der Waals surface area (Å²) in [5.41, 5.74) is 38.8. The largest absolute Gasteiger partial charge is 0.480 e. The molecule has 0 spiro atoms. The van der Waals surface area contributed by atoms with Gasteiger partial charge in [-0.2, -0.15) is 0 Å². The van der Waals surface area contributed by atoms with Crippen LogP contribution in [0.25, 0.3) is 0 Å². The second-order valence-corrected chi connectivity index (χ2v) is 24.7. The number of likely N-dealkylation sites (tertiary alicyclic amines) is 4. The van der Waals surface area contributed by atoms with Crippen LogP contribution in [-0.2, 0) is 59.1 Å². The van der Waals surface area contributed by atoms with Gasteiger partial charge >= 0.3 is 5.97 Å². The minimum atomic E-state index is -1.66. The molecule has 1 aromatic heterocycles. The number of carboxylic acids is 1. The average Bonchev–Trinajstić information content (AvgIpc) is 1.70. The number of β-amino-alcohol motifs (C(OH)–C–C–N with tert-alkyl or cyclic N) is 1. The lowest BCUT2D eigenvalue weighted by Crippen LogP contribution is -2.60. The summed E-state index contributed by atoms with van der Waals surface area (Å²) in [5.74, 6) is -8.37. The molecule has 34 heteroatoms. The van der Waals surface area contributed by atoms with E-state index in [4.69, 9.17) is 44.9 Å². The van der Waals surface area contributed by atoms with Gasteiger partial charge in [0, 0.05) is 76.1 Å². The van der Waals surface area contributed by atoms with E-state index in [9.17, 15) is 58.5 Å². The van der Waals surface area contributed by atoms with Gasteiger partial charge in [0.25, 0.3) is 0 Å². The Morgan fingerprint density at radius 2 is 1.31 bits per heavy atom. The van der Waals surface area contributed by atoms with Crippen molar-refractivity contribution in [3.05, 3.63) is 22.4 Å². The first kappa shape index (κ1) is 72.1. The lowest BCUT2D eigenvalue weighted by Gasteiger charge is -2.37. The third-order valence-electron chi connectivity index (χ3n) is 17.0. The molecule has 6 rings (SSSR count). The van der Waals surface area contributed by atoms with E-state index in [1.165, 1.54) is 26.0 Å². The summed E-state index contributed by atoms with van der Waals surface area (Å²) in [5, 5.41) is 46.5. The van der Waals surface area contributed by atoms with Gasteiger partial charge < -0.3 is 106 Å². The maximum absolute atomic E-state index is 15.1. The number of aliphatic imine (C=N–C) groups is 3. The van der Waals surface area contributed by atoms with Gasteiger partial charge in [-0.25, -0.2) is 4.79 Å². The molecular weight excluding hydrogens is 1210 g/mol. The number of amides is 9. The smallest absolute Gasteiger partial charge is 0.326 e. The maximum atomic E-state index is 15.1. The van der Waals surface area contributed by atoms with E-state index in [1.54, 1.807) is 17.5 Å². The number of ether oxygens (including phenoxy) is 1. The van der Waals surface area contributed by atoms with Crippen molar-refractivity contribution in [3.63, 3.8) is 0 Å². The number of guanidine groups is 3. The van der Waals surface area contributed by atoms with E-state index in [0.29, 0.717) is 30.6 Å². The number of carbonyl (C=O) groups excluding carboxylic acids is 9. The molecule has 1 saturated carbocycles. The van der Waals surface area contributed by atoms with E-state index < -0.39 is 145 Å². The van der Waals surface area contributed by atoms with Crippen LogP contribution in [0.2, 0.25) is 0 Å². The Morgan fingerprint density at radius 3 is 1.93 bits per heavy atom. The van der Waals surface area contributed by atoms with Crippen molar-refractivity contribution < 1.29 is 68.0 Å². The molecule has 4 saturated heterocycles. The minimum Gasteiger partial charge on any atom is -0.480 e. The zero-order valence-electron chi connectivity index (χ0n) is 51.5. The highest BCUT2D eigenvalue weighted by molar-refractivity contribution is 7.09. The normalized spacial score (nSPS) is 23.5. The molecule has 1 aromatic rings. The van der Waals surface area contributed by atoms with Crippen molar-refractivity contribution in [1.82, 2.24) is 46.2 Å². The van der Waals surface area contributed by atoms with Crippen LogP contribution in [0.3, 0.4) is 0 Å². The van der Waals surface area contributed by atoms with E-state index in [1.807, 2.05) is 6.92 Å². The summed E-state index contributed by atoms with van der Waals surface area (Å²) in [6.07, 6.45) is 3.37. The second-order valence-electron chi connectivity index (χ2n) is 23.7. The molecule has 33 nitrogen and oxygen atoms in total. The van der Waals surface area contributed by atoms with E-state index in [2.05, 4.69) is 41.6 Å². The molecule has 9 amide bonds. The van der Waals surface area contributed by atoms with Crippen molar-refractivity contribution in [3.8, 4) is 0 Å². The van der Waals surface area contributed by atoms with Gasteiger partial charge in [0.05, 0.1) is 31.4 Å². The number of carboxylic acid groups (broad SMARTS) is 1. The lowest BCUT2D eigenvalue weighted by molar-refractivity contribution is -0.151. The van der Waals surface area contributed by atoms with Crippen LogP contribution in [0.4, 0.5) is 0 Å². The Kier molecular flexibility index (Phi) is 27.8. The molecule has 13 atom stereocenters. The fraction of sp³-hybridized carbons (Fsp3) is 0.702. The second kappa shape index (κ2) is 35.0. The molecule has 0 radical (unpaired) electrons. The number of hydrogen-bond acceptors (Lipinski definition) is 18. The van der Waals surface area contributed by atoms with Crippen molar-refractivity contribution in [2.45, 2.75) is 189 Å². The quantitative estimate of drug-likeness (QED) is 0.0177. The summed E-state index contributed by atoms with van der Waals surface area (Å²) >= 11 is 1.27. The SMILES string of the molecule is CCCO[C@H]1C[C@H](C(=O)N2[C@H](C(=O)N[C@@H](CCCN=C(N)N)C(=O)O)C[C@@H]3CCCC[C@@H]32)N(C(=O)[C@H](CO)NC(=O)[C@H](Cc2cccs2)NC(=O)CNC(=O)[C@@H]2C[C@@H](O)CN2C(=O)[C@@H]2CCCN2C(=O)[C@H](CCCN=C(N)N)NC(=O)[C@H](N)CCCN=C(N)N)C1. The minimum absolute atomic E-state index is 0.000344. The van der Waals surface area contributed by atoms with Crippen LogP contribution in [-0.4, -0.2) is 244 Å². The Labute approximate surface area is 531 Å².